The molecule has 0 aliphatic heterocycles. The van der Waals surface area contributed by atoms with Crippen LogP contribution in [0, 0.1) is 0 Å². The number of amides is 2. The van der Waals surface area contributed by atoms with Crippen LogP contribution in [0.25, 0.3) is 22.6 Å². The maximum atomic E-state index is 13.5. The van der Waals surface area contributed by atoms with Crippen molar-refractivity contribution in [1.82, 2.24) is 15.2 Å². The summed E-state index contributed by atoms with van der Waals surface area (Å²) in [7, 11) is 1.70. The molecule has 1 saturated carbocycles. The van der Waals surface area contributed by atoms with Gasteiger partial charge in [-0.25, -0.2) is 4.98 Å². The topological polar surface area (TPSA) is 75.4 Å². The van der Waals surface area contributed by atoms with Crippen LogP contribution in [-0.2, 0) is 4.79 Å². The van der Waals surface area contributed by atoms with Crippen LogP contribution in [0.5, 0.6) is 0 Å². The monoisotopic (exact) mass is 441 g/mol. The van der Waals surface area contributed by atoms with Crippen molar-refractivity contribution in [2.75, 3.05) is 7.05 Å². The van der Waals surface area contributed by atoms with Crippen LogP contribution in [0.2, 0.25) is 0 Å². The molecular weight excluding hydrogens is 416 g/mol. The van der Waals surface area contributed by atoms with Gasteiger partial charge in [0.15, 0.2) is 5.58 Å². The van der Waals surface area contributed by atoms with Crippen molar-refractivity contribution < 1.29 is 22.8 Å². The summed E-state index contributed by atoms with van der Waals surface area (Å²) in [4.78, 5) is 30.8. The molecule has 0 bridgehead atoms. The summed E-state index contributed by atoms with van der Waals surface area (Å²) < 4.78 is 32.8. The third-order valence-electron chi connectivity index (χ3n) is 6.06. The van der Waals surface area contributed by atoms with Gasteiger partial charge >= 0.3 is 5.92 Å². The summed E-state index contributed by atoms with van der Waals surface area (Å²) in [5.74, 6) is -4.29. The van der Waals surface area contributed by atoms with E-state index in [-0.39, 0.29) is 18.0 Å². The Morgan fingerprint density at radius 3 is 2.56 bits per heavy atom. The summed E-state index contributed by atoms with van der Waals surface area (Å²) in [5, 5.41) is 2.43. The fraction of sp³-hybridized carbons (Fsp3) is 0.375. The largest absolute Gasteiger partial charge is 0.436 e. The van der Waals surface area contributed by atoms with E-state index in [0.29, 0.717) is 36.3 Å². The molecule has 168 valence electrons. The Hall–Kier alpha value is -3.29. The van der Waals surface area contributed by atoms with Gasteiger partial charge in [-0.05, 0) is 55.7 Å². The average molecular weight is 441 g/mol. The van der Waals surface area contributed by atoms with E-state index in [0.717, 1.165) is 11.1 Å². The third-order valence-corrected chi connectivity index (χ3v) is 6.06. The van der Waals surface area contributed by atoms with Crippen LogP contribution in [0.1, 0.15) is 43.0 Å². The van der Waals surface area contributed by atoms with Gasteiger partial charge in [0.2, 0.25) is 5.89 Å². The SMILES string of the molecule is CCC(F)(F)C(=O)NC1CC[C@@H](N(C)C(=O)c2ccc(-c3nc4ccccc4o3)cc2)C1. The number of aromatic nitrogens is 1. The number of nitrogens with zero attached hydrogens (tertiary/aromatic N) is 2. The van der Waals surface area contributed by atoms with Gasteiger partial charge in [-0.15, -0.1) is 0 Å². The highest BCUT2D eigenvalue weighted by Crippen LogP contribution is 2.28. The zero-order valence-electron chi connectivity index (χ0n) is 18.0. The number of hydrogen-bond acceptors (Lipinski definition) is 4. The summed E-state index contributed by atoms with van der Waals surface area (Å²) in [6, 6.07) is 14.0. The van der Waals surface area contributed by atoms with Crippen LogP contribution in [0.3, 0.4) is 0 Å². The van der Waals surface area contributed by atoms with Crippen molar-refractivity contribution >= 4 is 22.9 Å². The second kappa shape index (κ2) is 8.68. The minimum absolute atomic E-state index is 0.125. The second-order valence-electron chi connectivity index (χ2n) is 8.18. The van der Waals surface area contributed by atoms with E-state index in [1.165, 1.54) is 6.92 Å². The summed E-state index contributed by atoms with van der Waals surface area (Å²) >= 11 is 0. The van der Waals surface area contributed by atoms with Gasteiger partial charge in [0.05, 0.1) is 0 Å². The molecule has 2 atom stereocenters. The molecule has 1 aliphatic carbocycles. The molecule has 4 rings (SSSR count). The van der Waals surface area contributed by atoms with E-state index in [9.17, 15) is 18.4 Å². The van der Waals surface area contributed by atoms with Crippen LogP contribution < -0.4 is 5.32 Å². The molecule has 1 heterocycles. The van der Waals surface area contributed by atoms with Crippen molar-refractivity contribution in [3.8, 4) is 11.5 Å². The smallest absolute Gasteiger partial charge is 0.324 e. The van der Waals surface area contributed by atoms with E-state index >= 15 is 0 Å². The predicted octanol–water partition coefficient (Wildman–Crippen LogP) is 4.65. The zero-order valence-corrected chi connectivity index (χ0v) is 18.0. The Morgan fingerprint density at radius 2 is 1.88 bits per heavy atom. The minimum Gasteiger partial charge on any atom is -0.436 e. The Labute approximate surface area is 184 Å². The van der Waals surface area contributed by atoms with Crippen LogP contribution in [-0.4, -0.2) is 46.8 Å². The minimum atomic E-state index is -3.36. The first-order chi connectivity index (χ1) is 15.3. The number of carbonyl (C=O) groups is 2. The summed E-state index contributed by atoms with van der Waals surface area (Å²) in [6.45, 7) is 1.28. The number of oxazole rings is 1. The van der Waals surface area contributed by atoms with Gasteiger partial charge in [-0.2, -0.15) is 8.78 Å². The number of hydrogen-bond donors (Lipinski definition) is 1. The fourth-order valence-electron chi connectivity index (χ4n) is 4.01. The molecular formula is C24H25F2N3O3. The van der Waals surface area contributed by atoms with Crippen molar-refractivity contribution in [1.29, 1.82) is 0 Å². The number of benzene rings is 2. The normalized spacial score (nSPS) is 18.6. The molecule has 0 saturated heterocycles. The van der Waals surface area contributed by atoms with E-state index in [4.69, 9.17) is 4.42 Å². The number of para-hydroxylation sites is 2. The number of alkyl halides is 2. The quantitative estimate of drug-likeness (QED) is 0.604. The number of fused-ring (bicyclic) bond motifs is 1. The Balaban J connectivity index is 1.39. The molecule has 2 aromatic carbocycles. The Morgan fingerprint density at radius 1 is 1.16 bits per heavy atom. The standard InChI is InChI=1S/C24H25F2N3O3/c1-3-24(25,26)23(31)27-17-12-13-18(14-17)29(2)22(30)16-10-8-15(9-11-16)21-28-19-6-4-5-7-20(19)32-21/h4-11,17-18H,3,12-14H2,1-2H3,(H,27,31)/t17?,18-/m1/s1. The Kier molecular flexibility index (Phi) is 5.95. The lowest BCUT2D eigenvalue weighted by molar-refractivity contribution is -0.146. The summed E-state index contributed by atoms with van der Waals surface area (Å²) in [6.07, 6.45) is 1.12. The van der Waals surface area contributed by atoms with Crippen molar-refractivity contribution in [2.45, 2.75) is 50.6 Å². The van der Waals surface area contributed by atoms with Gasteiger partial charge in [0, 0.05) is 36.7 Å². The van der Waals surface area contributed by atoms with Crippen LogP contribution in [0.15, 0.2) is 52.9 Å². The molecule has 32 heavy (non-hydrogen) atoms. The van der Waals surface area contributed by atoms with Gasteiger partial charge < -0.3 is 14.6 Å². The first kappa shape index (κ1) is 21.9. The molecule has 1 N–H and O–H groups in total. The number of rotatable bonds is 6. The molecule has 3 aromatic rings. The number of nitrogens with one attached hydrogen (secondary N) is 1. The van der Waals surface area contributed by atoms with Gasteiger partial charge in [0.25, 0.3) is 11.8 Å². The second-order valence-corrected chi connectivity index (χ2v) is 8.18. The average Bonchev–Trinajstić information content (AvgIpc) is 3.45. The molecule has 1 unspecified atom stereocenters. The van der Waals surface area contributed by atoms with E-state index in [2.05, 4.69) is 10.3 Å². The van der Waals surface area contributed by atoms with Gasteiger partial charge in [0.1, 0.15) is 5.52 Å². The molecule has 6 nitrogen and oxygen atoms in total. The maximum absolute atomic E-state index is 13.5. The van der Waals surface area contributed by atoms with Crippen molar-refractivity contribution in [3.63, 3.8) is 0 Å². The van der Waals surface area contributed by atoms with E-state index in [1.807, 2.05) is 24.3 Å². The Bertz CT molecular complexity index is 1090. The molecule has 0 radical (unpaired) electrons. The lowest BCUT2D eigenvalue weighted by Crippen LogP contribution is -2.45. The maximum Gasteiger partial charge on any atom is 0.324 e. The zero-order chi connectivity index (χ0) is 22.9. The predicted molar refractivity (Wildman–Crippen MR) is 116 cm³/mol. The van der Waals surface area contributed by atoms with Gasteiger partial charge in [-0.1, -0.05) is 19.1 Å². The van der Waals surface area contributed by atoms with E-state index in [1.54, 1.807) is 36.2 Å². The highest BCUT2D eigenvalue weighted by Gasteiger charge is 2.39. The number of carbonyl (C=O) groups excluding carboxylic acids is 2. The highest BCUT2D eigenvalue weighted by molar-refractivity contribution is 5.94. The molecule has 1 fully saturated rings. The first-order valence-corrected chi connectivity index (χ1v) is 10.7. The van der Waals surface area contributed by atoms with Crippen molar-refractivity contribution in [2.24, 2.45) is 0 Å². The third kappa shape index (κ3) is 4.35. The molecule has 8 heteroatoms. The fourth-order valence-corrected chi connectivity index (χ4v) is 4.01. The lowest BCUT2D eigenvalue weighted by Gasteiger charge is -2.25. The number of halogens is 2. The summed E-state index contributed by atoms with van der Waals surface area (Å²) in [5.41, 5.74) is 2.74. The highest BCUT2D eigenvalue weighted by atomic mass is 19.3. The molecule has 1 aliphatic rings. The van der Waals surface area contributed by atoms with E-state index < -0.39 is 18.3 Å². The van der Waals surface area contributed by atoms with Crippen LogP contribution in [0.4, 0.5) is 8.78 Å². The molecule has 1 aromatic heterocycles. The first-order valence-electron chi connectivity index (χ1n) is 10.7. The van der Waals surface area contributed by atoms with Crippen LogP contribution >= 0.6 is 0 Å². The van der Waals surface area contributed by atoms with Gasteiger partial charge in [-0.3, -0.25) is 9.59 Å². The lowest BCUT2D eigenvalue weighted by atomic mass is 10.1. The molecule has 2 amide bonds. The molecule has 0 spiro atoms. The van der Waals surface area contributed by atoms with Crippen molar-refractivity contribution in [3.05, 3.63) is 54.1 Å².